The fraction of sp³-hybridized carbons (Fsp3) is 0.304. The van der Waals surface area contributed by atoms with Gasteiger partial charge in [-0.05, 0) is 61.4 Å². The molecule has 28 heavy (non-hydrogen) atoms. The third-order valence-electron chi connectivity index (χ3n) is 3.86. The second-order valence-corrected chi connectivity index (χ2v) is 6.16. The van der Waals surface area contributed by atoms with Gasteiger partial charge in [-0.2, -0.15) is 0 Å². The van der Waals surface area contributed by atoms with E-state index in [0.29, 0.717) is 24.5 Å². The molecule has 0 spiro atoms. The maximum absolute atomic E-state index is 11.9. The lowest BCUT2D eigenvalue weighted by atomic mass is 10.2. The predicted molar refractivity (Wildman–Crippen MR) is 108 cm³/mol. The van der Waals surface area contributed by atoms with E-state index in [1.54, 1.807) is 30.3 Å². The summed E-state index contributed by atoms with van der Waals surface area (Å²) < 4.78 is 15.9. The van der Waals surface area contributed by atoms with Crippen LogP contribution in [0.1, 0.15) is 45.1 Å². The van der Waals surface area contributed by atoms with E-state index in [-0.39, 0.29) is 5.97 Å². The van der Waals surface area contributed by atoms with Crippen LogP contribution >= 0.6 is 0 Å². The zero-order valence-electron chi connectivity index (χ0n) is 16.4. The first kappa shape index (κ1) is 21.2. The molecule has 148 valence electrons. The summed E-state index contributed by atoms with van der Waals surface area (Å²) in [6, 6.07) is 13.8. The van der Waals surface area contributed by atoms with Crippen LogP contribution in [0, 0.1) is 0 Å². The summed E-state index contributed by atoms with van der Waals surface area (Å²) in [5.41, 5.74) is 0.866. The molecule has 2 aromatic carbocycles. The normalized spacial score (nSPS) is 10.6. The highest BCUT2D eigenvalue weighted by atomic mass is 16.5. The van der Waals surface area contributed by atoms with Crippen molar-refractivity contribution >= 4 is 18.0 Å². The van der Waals surface area contributed by atoms with Gasteiger partial charge in [-0.15, -0.1) is 0 Å². The molecule has 0 unspecified atom stereocenters. The second kappa shape index (κ2) is 11.6. The van der Waals surface area contributed by atoms with Crippen molar-refractivity contribution in [2.24, 2.45) is 0 Å². The largest absolute Gasteiger partial charge is 0.494 e. The number of ether oxygens (including phenoxy) is 3. The minimum absolute atomic E-state index is 0.253. The number of hydrogen-bond acceptors (Lipinski definition) is 5. The van der Waals surface area contributed by atoms with E-state index in [1.807, 2.05) is 31.2 Å². The van der Waals surface area contributed by atoms with Crippen molar-refractivity contribution < 1.29 is 23.8 Å². The molecule has 0 aromatic heterocycles. The first-order valence-corrected chi connectivity index (χ1v) is 9.54. The van der Waals surface area contributed by atoms with E-state index in [0.717, 1.165) is 30.6 Å². The van der Waals surface area contributed by atoms with E-state index < -0.39 is 5.97 Å². The summed E-state index contributed by atoms with van der Waals surface area (Å²) >= 11 is 0. The summed E-state index contributed by atoms with van der Waals surface area (Å²) in [5.74, 6) is 0.862. The molecular weight excluding hydrogens is 356 g/mol. The number of carbonyl (C=O) groups excluding carboxylic acids is 2. The molecule has 2 rings (SSSR count). The maximum atomic E-state index is 11.9. The zero-order valence-corrected chi connectivity index (χ0v) is 16.4. The van der Waals surface area contributed by atoms with Crippen LogP contribution in [0.15, 0.2) is 54.6 Å². The molecule has 0 heterocycles. The number of rotatable bonds is 10. The van der Waals surface area contributed by atoms with Crippen molar-refractivity contribution in [2.75, 3.05) is 6.61 Å². The van der Waals surface area contributed by atoms with Gasteiger partial charge >= 0.3 is 11.9 Å². The van der Waals surface area contributed by atoms with Gasteiger partial charge in [-0.3, -0.25) is 4.79 Å². The molecule has 0 amide bonds. The van der Waals surface area contributed by atoms with Crippen molar-refractivity contribution in [1.29, 1.82) is 0 Å². The quantitative estimate of drug-likeness (QED) is 0.245. The Morgan fingerprint density at radius 1 is 0.821 bits per heavy atom. The average molecular weight is 382 g/mol. The smallest absolute Gasteiger partial charge is 0.336 e. The predicted octanol–water partition coefficient (Wildman–Crippen LogP) is 5.19. The lowest BCUT2D eigenvalue weighted by molar-refractivity contribution is -0.134. The molecule has 0 radical (unpaired) electrons. The van der Waals surface area contributed by atoms with Gasteiger partial charge in [-0.1, -0.05) is 31.9 Å². The van der Waals surface area contributed by atoms with E-state index in [9.17, 15) is 9.59 Å². The fourth-order valence-electron chi connectivity index (χ4n) is 2.43. The van der Waals surface area contributed by atoms with Crippen LogP contribution in [-0.4, -0.2) is 18.5 Å². The van der Waals surface area contributed by atoms with Crippen LogP contribution in [-0.2, 0) is 9.59 Å². The van der Waals surface area contributed by atoms with E-state index in [2.05, 4.69) is 6.92 Å². The van der Waals surface area contributed by atoms with Crippen LogP contribution in [0.25, 0.3) is 6.08 Å². The molecule has 2 aromatic rings. The molecular formula is C23H26O5. The molecule has 0 N–H and O–H groups in total. The van der Waals surface area contributed by atoms with Gasteiger partial charge in [-0.25, -0.2) is 4.79 Å². The Bertz CT molecular complexity index is 776. The van der Waals surface area contributed by atoms with Gasteiger partial charge in [0.25, 0.3) is 0 Å². The number of carbonyl (C=O) groups is 2. The Balaban J connectivity index is 1.82. The van der Waals surface area contributed by atoms with Crippen LogP contribution in [0.3, 0.4) is 0 Å². The second-order valence-electron chi connectivity index (χ2n) is 6.16. The summed E-state index contributed by atoms with van der Waals surface area (Å²) in [6.45, 7) is 4.62. The van der Waals surface area contributed by atoms with Crippen molar-refractivity contribution in [1.82, 2.24) is 0 Å². The molecule has 0 aliphatic carbocycles. The van der Waals surface area contributed by atoms with Crippen LogP contribution in [0.4, 0.5) is 0 Å². The van der Waals surface area contributed by atoms with E-state index >= 15 is 0 Å². The summed E-state index contributed by atoms with van der Waals surface area (Å²) in [4.78, 5) is 23.6. The van der Waals surface area contributed by atoms with Gasteiger partial charge in [0.1, 0.15) is 17.2 Å². The SMILES string of the molecule is CCCCCC(=O)Oc1ccc(OC(=O)C=Cc2ccc(OCC)cc2)cc1. The molecule has 5 heteroatoms. The fourth-order valence-corrected chi connectivity index (χ4v) is 2.43. The Morgan fingerprint density at radius 3 is 2.04 bits per heavy atom. The monoisotopic (exact) mass is 382 g/mol. The number of unbranched alkanes of at least 4 members (excludes halogenated alkanes) is 2. The van der Waals surface area contributed by atoms with Crippen molar-refractivity contribution in [3.8, 4) is 17.2 Å². The number of benzene rings is 2. The van der Waals surface area contributed by atoms with Crippen molar-refractivity contribution in [2.45, 2.75) is 39.5 Å². The molecule has 0 saturated heterocycles. The van der Waals surface area contributed by atoms with E-state index in [1.165, 1.54) is 6.08 Å². The standard InChI is InChI=1S/C23H26O5/c1-3-5-6-7-22(24)27-20-13-15-21(16-14-20)28-23(25)17-10-18-8-11-19(12-9-18)26-4-2/h8-17H,3-7H2,1-2H3. The third kappa shape index (κ3) is 7.66. The molecule has 0 aliphatic heterocycles. The van der Waals surface area contributed by atoms with Gasteiger partial charge in [0.05, 0.1) is 6.61 Å². The minimum Gasteiger partial charge on any atom is -0.494 e. The highest BCUT2D eigenvalue weighted by molar-refractivity contribution is 5.88. The minimum atomic E-state index is -0.488. The lowest BCUT2D eigenvalue weighted by Crippen LogP contribution is -2.07. The molecule has 0 fully saturated rings. The molecule has 0 atom stereocenters. The summed E-state index contributed by atoms with van der Waals surface area (Å²) in [6.07, 6.45) is 6.32. The maximum Gasteiger partial charge on any atom is 0.336 e. The Hall–Kier alpha value is -3.08. The van der Waals surface area contributed by atoms with Gasteiger partial charge < -0.3 is 14.2 Å². The Kier molecular flexibility index (Phi) is 8.79. The highest BCUT2D eigenvalue weighted by Crippen LogP contribution is 2.19. The molecule has 0 bridgehead atoms. The molecule has 0 saturated carbocycles. The van der Waals surface area contributed by atoms with Gasteiger partial charge in [0, 0.05) is 12.5 Å². The van der Waals surface area contributed by atoms with Gasteiger partial charge in [0.15, 0.2) is 0 Å². The third-order valence-corrected chi connectivity index (χ3v) is 3.86. The Morgan fingerprint density at radius 2 is 1.43 bits per heavy atom. The van der Waals surface area contributed by atoms with Crippen LogP contribution in [0.5, 0.6) is 17.2 Å². The van der Waals surface area contributed by atoms with Crippen molar-refractivity contribution in [3.05, 3.63) is 60.2 Å². The number of esters is 2. The van der Waals surface area contributed by atoms with Crippen LogP contribution < -0.4 is 14.2 Å². The number of hydrogen-bond donors (Lipinski definition) is 0. The summed E-state index contributed by atoms with van der Waals surface area (Å²) in [5, 5.41) is 0. The molecule has 0 aliphatic rings. The first-order valence-electron chi connectivity index (χ1n) is 9.54. The highest BCUT2D eigenvalue weighted by Gasteiger charge is 2.06. The Labute approximate surface area is 165 Å². The van der Waals surface area contributed by atoms with E-state index in [4.69, 9.17) is 14.2 Å². The zero-order chi connectivity index (χ0) is 20.2. The lowest BCUT2D eigenvalue weighted by Gasteiger charge is -2.06. The van der Waals surface area contributed by atoms with Crippen LogP contribution in [0.2, 0.25) is 0 Å². The van der Waals surface area contributed by atoms with Crippen molar-refractivity contribution in [3.63, 3.8) is 0 Å². The first-order chi connectivity index (χ1) is 13.6. The van der Waals surface area contributed by atoms with Gasteiger partial charge in [0.2, 0.25) is 0 Å². The molecule has 5 nitrogen and oxygen atoms in total. The average Bonchev–Trinajstić information content (AvgIpc) is 2.69. The topological polar surface area (TPSA) is 61.8 Å². The summed E-state index contributed by atoms with van der Waals surface area (Å²) in [7, 11) is 0.